The van der Waals surface area contributed by atoms with Crippen molar-refractivity contribution in [1.82, 2.24) is 19.9 Å². The lowest BCUT2D eigenvalue weighted by Gasteiger charge is -2.16. The van der Waals surface area contributed by atoms with Gasteiger partial charge in [-0.05, 0) is 85.7 Å². The second-order valence-corrected chi connectivity index (χ2v) is 12.0. The van der Waals surface area contributed by atoms with Crippen LogP contribution in [0.2, 0.25) is 0 Å². The number of aromatic amines is 3. The summed E-state index contributed by atoms with van der Waals surface area (Å²) in [7, 11) is 0. The first-order valence-electron chi connectivity index (χ1n) is 14.7. The fourth-order valence-electron chi connectivity index (χ4n) is 7.13. The summed E-state index contributed by atoms with van der Waals surface area (Å²) in [6.45, 7) is 17.4. The largest absolute Gasteiger partial charge is 0.481 e. The summed E-state index contributed by atoms with van der Waals surface area (Å²) < 4.78 is 0. The maximum atomic E-state index is 11.6. The minimum absolute atomic E-state index is 0.0141. The number of rotatable bonds is 8. The molecular formula is C35H38N4O4. The fourth-order valence-corrected chi connectivity index (χ4v) is 7.13. The molecule has 8 nitrogen and oxygen atoms in total. The third-order valence-corrected chi connectivity index (χ3v) is 9.75. The summed E-state index contributed by atoms with van der Waals surface area (Å²) in [5.74, 6) is -1.57. The molecule has 6 rings (SSSR count). The van der Waals surface area contributed by atoms with E-state index in [0.29, 0.717) is 12.8 Å². The van der Waals surface area contributed by atoms with E-state index in [1.807, 2.05) is 19.1 Å². The van der Waals surface area contributed by atoms with Crippen LogP contribution in [0.15, 0.2) is 24.4 Å². The van der Waals surface area contributed by atoms with E-state index in [9.17, 15) is 19.8 Å². The summed E-state index contributed by atoms with van der Waals surface area (Å²) >= 11 is 0. The minimum Gasteiger partial charge on any atom is -0.481 e. The molecule has 0 aliphatic carbocycles. The first kappa shape index (κ1) is 28.4. The molecule has 0 spiro atoms. The Balaban J connectivity index is 1.70. The molecule has 0 aromatic carbocycles. The van der Waals surface area contributed by atoms with E-state index in [-0.39, 0.29) is 24.3 Å². The number of carboxylic acid groups (broad SMARTS) is 2. The van der Waals surface area contributed by atoms with Crippen LogP contribution in [0.1, 0.15) is 71.0 Å². The number of nitrogens with one attached hydrogen (secondary N) is 3. The molecular weight excluding hydrogens is 540 g/mol. The minimum atomic E-state index is -0.848. The lowest BCUT2D eigenvalue weighted by atomic mass is 9.85. The van der Waals surface area contributed by atoms with Crippen molar-refractivity contribution in [2.24, 2.45) is 5.92 Å². The van der Waals surface area contributed by atoms with Crippen molar-refractivity contribution in [2.75, 3.05) is 6.54 Å². The number of aliphatic carboxylic acids is 2. The standard InChI is InChI=1S/C35H38N4O4/c1-7-22-18(3)26-13-29-23(8-2)19(4)31(38-29)16-35-17-39(35)32(25(21(35)6)10-12-34(42)43)15-30-24(9-11-33(40)41)20(5)27(37-30)14-28(22)36-26/h7-8,13-16,21,36-38H,1-2,9-12,17H2,3-6H3,(H,40,41)(H,42,43)/b27-14-,29-13-,30-15-,31-16-/t21?,35-,39?/m1/s1. The van der Waals surface area contributed by atoms with Crippen LogP contribution < -0.4 is 21.4 Å². The Hall–Kier alpha value is -4.72. The summed E-state index contributed by atoms with van der Waals surface area (Å²) in [6.07, 6.45) is 13.2. The van der Waals surface area contributed by atoms with Gasteiger partial charge in [0.15, 0.2) is 0 Å². The third kappa shape index (κ3) is 4.52. The molecule has 222 valence electrons. The number of nitrogens with zero attached hydrogens (tertiary/aromatic N) is 1. The maximum Gasteiger partial charge on any atom is 0.303 e. The Kier molecular flexibility index (Phi) is 6.75. The Labute approximate surface area is 249 Å². The molecule has 8 bridgehead atoms. The molecule has 3 aromatic heterocycles. The van der Waals surface area contributed by atoms with Gasteiger partial charge in [0.2, 0.25) is 0 Å². The summed E-state index contributed by atoms with van der Waals surface area (Å²) in [5, 5.41) is 22.8. The molecule has 6 heterocycles. The molecule has 3 aliphatic rings. The van der Waals surface area contributed by atoms with Crippen LogP contribution in [0.3, 0.4) is 0 Å². The molecule has 8 heteroatoms. The maximum absolute atomic E-state index is 11.6. The van der Waals surface area contributed by atoms with Crippen LogP contribution in [0.5, 0.6) is 0 Å². The van der Waals surface area contributed by atoms with Crippen molar-refractivity contribution in [1.29, 1.82) is 0 Å². The fraction of sp³-hybridized carbons (Fsp3) is 0.314. The van der Waals surface area contributed by atoms with Gasteiger partial charge < -0.3 is 30.1 Å². The number of carbonyl (C=O) groups is 2. The van der Waals surface area contributed by atoms with E-state index < -0.39 is 11.9 Å². The molecule has 1 fully saturated rings. The third-order valence-electron chi connectivity index (χ3n) is 9.75. The van der Waals surface area contributed by atoms with Gasteiger partial charge in [0.05, 0.1) is 5.54 Å². The lowest BCUT2D eigenvalue weighted by molar-refractivity contribution is -0.138. The van der Waals surface area contributed by atoms with Gasteiger partial charge in [0.25, 0.3) is 0 Å². The van der Waals surface area contributed by atoms with Crippen LogP contribution in [0.25, 0.3) is 36.5 Å². The number of hydrogen-bond acceptors (Lipinski definition) is 3. The molecule has 3 aliphatic heterocycles. The van der Waals surface area contributed by atoms with Gasteiger partial charge in [-0.15, -0.1) is 0 Å². The van der Waals surface area contributed by atoms with Crippen molar-refractivity contribution in [3.63, 3.8) is 0 Å². The van der Waals surface area contributed by atoms with Crippen molar-refractivity contribution in [3.05, 3.63) is 90.6 Å². The smallest absolute Gasteiger partial charge is 0.303 e. The van der Waals surface area contributed by atoms with Crippen molar-refractivity contribution < 1.29 is 19.8 Å². The first-order chi connectivity index (χ1) is 20.5. The zero-order valence-corrected chi connectivity index (χ0v) is 25.1. The molecule has 1 saturated heterocycles. The predicted octanol–water partition coefficient (Wildman–Crippen LogP) is 2.95. The van der Waals surface area contributed by atoms with Gasteiger partial charge in [-0.3, -0.25) is 9.59 Å². The van der Waals surface area contributed by atoms with Crippen LogP contribution in [-0.4, -0.2) is 54.1 Å². The van der Waals surface area contributed by atoms with Crippen LogP contribution in [-0.2, 0) is 16.0 Å². The molecule has 1 unspecified atom stereocenters. The van der Waals surface area contributed by atoms with Gasteiger partial charge in [-0.1, -0.05) is 32.2 Å². The highest BCUT2D eigenvalue weighted by atomic mass is 16.4. The Morgan fingerprint density at radius 2 is 1.51 bits per heavy atom. The van der Waals surface area contributed by atoms with Gasteiger partial charge in [-0.2, -0.15) is 0 Å². The average molecular weight is 579 g/mol. The van der Waals surface area contributed by atoms with Crippen LogP contribution in [0, 0.1) is 26.7 Å². The van der Waals surface area contributed by atoms with E-state index in [0.717, 1.165) is 84.0 Å². The number of allylic oxidation sites excluding steroid dienone is 1. The highest BCUT2D eigenvalue weighted by molar-refractivity contribution is 5.73. The number of H-pyrrole nitrogens is 3. The number of aromatic nitrogens is 3. The highest BCUT2D eigenvalue weighted by Crippen LogP contribution is 2.55. The first-order valence-corrected chi connectivity index (χ1v) is 14.7. The topological polar surface area (TPSA) is 125 Å². The van der Waals surface area contributed by atoms with E-state index in [4.69, 9.17) is 0 Å². The second-order valence-electron chi connectivity index (χ2n) is 12.0. The van der Waals surface area contributed by atoms with E-state index >= 15 is 0 Å². The SMILES string of the molecule is C=Cc1c2[nH]c(c1C)/C=c1\[nH]/c(c(C)c1C=C)=C\[C@]13CN1C(=C(CCC(=O)O)C3C)/C=c1\[nH]/c(c(C)c1CCC(=O)O)=C\2. The quantitative estimate of drug-likeness (QED) is 0.263. The molecule has 0 saturated carbocycles. The van der Waals surface area contributed by atoms with Crippen molar-refractivity contribution in [2.45, 2.75) is 58.9 Å². The average Bonchev–Trinajstić information content (AvgIpc) is 3.25. The second kappa shape index (κ2) is 10.2. The van der Waals surface area contributed by atoms with E-state index in [1.54, 1.807) is 0 Å². The zero-order chi connectivity index (χ0) is 30.8. The molecule has 5 N–H and O–H groups in total. The van der Waals surface area contributed by atoms with Crippen LogP contribution >= 0.6 is 0 Å². The van der Waals surface area contributed by atoms with Gasteiger partial charge in [-0.25, -0.2) is 0 Å². The Morgan fingerprint density at radius 1 is 0.860 bits per heavy atom. The molecule has 0 amide bonds. The summed E-state index contributed by atoms with van der Waals surface area (Å²) in [6, 6.07) is 0. The number of carboxylic acids is 2. The highest BCUT2D eigenvalue weighted by Gasteiger charge is 2.60. The van der Waals surface area contributed by atoms with Gasteiger partial charge in [0, 0.05) is 74.9 Å². The Morgan fingerprint density at radius 3 is 2.19 bits per heavy atom. The summed E-state index contributed by atoms with van der Waals surface area (Å²) in [4.78, 5) is 36.5. The molecule has 3 aromatic rings. The van der Waals surface area contributed by atoms with Gasteiger partial charge >= 0.3 is 11.9 Å². The summed E-state index contributed by atoms with van der Waals surface area (Å²) in [5.41, 5.74) is 9.90. The van der Waals surface area contributed by atoms with Crippen molar-refractivity contribution >= 4 is 48.4 Å². The predicted molar refractivity (Wildman–Crippen MR) is 170 cm³/mol. The number of hydrogen-bond donors (Lipinski definition) is 5. The van der Waals surface area contributed by atoms with E-state index in [1.165, 1.54) is 0 Å². The van der Waals surface area contributed by atoms with Crippen LogP contribution in [0.4, 0.5) is 0 Å². The number of fused-ring (bicyclic) bond motifs is 6. The molecule has 43 heavy (non-hydrogen) atoms. The van der Waals surface area contributed by atoms with E-state index in [2.05, 4.69) is 78.1 Å². The molecule has 0 radical (unpaired) electrons. The van der Waals surface area contributed by atoms with Crippen molar-refractivity contribution in [3.8, 4) is 0 Å². The zero-order valence-electron chi connectivity index (χ0n) is 25.1. The Bertz CT molecular complexity index is 2010. The van der Waals surface area contributed by atoms with Gasteiger partial charge in [0.1, 0.15) is 0 Å². The normalized spacial score (nSPS) is 23.2. The molecule has 2 atom stereocenters. The monoisotopic (exact) mass is 578 g/mol. The lowest BCUT2D eigenvalue weighted by Crippen LogP contribution is -2.25.